The first kappa shape index (κ1) is 16.9. The summed E-state index contributed by atoms with van der Waals surface area (Å²) in [5.74, 6) is 0.513. The van der Waals surface area contributed by atoms with E-state index in [-0.39, 0.29) is 11.3 Å². The van der Waals surface area contributed by atoms with Crippen LogP contribution in [-0.2, 0) is 5.41 Å². The van der Waals surface area contributed by atoms with Crippen LogP contribution < -0.4 is 15.8 Å². The molecule has 0 heterocycles. The second-order valence-electron chi connectivity index (χ2n) is 6.46. The third kappa shape index (κ3) is 4.25. The van der Waals surface area contributed by atoms with Gasteiger partial charge in [0.1, 0.15) is 5.75 Å². The quantitative estimate of drug-likeness (QED) is 0.831. The fourth-order valence-corrected chi connectivity index (χ4v) is 2.23. The van der Waals surface area contributed by atoms with Crippen molar-refractivity contribution in [3.05, 3.63) is 53.6 Å². The number of nitrogens with one attached hydrogen (secondary N) is 1. The van der Waals surface area contributed by atoms with Crippen LogP contribution in [0.2, 0.25) is 0 Å². The van der Waals surface area contributed by atoms with Crippen molar-refractivity contribution in [2.24, 2.45) is 0 Å². The van der Waals surface area contributed by atoms with Gasteiger partial charge in [-0.15, -0.1) is 0 Å². The predicted molar refractivity (Wildman–Crippen MR) is 95.1 cm³/mol. The molecular weight excluding hydrogens is 288 g/mol. The molecule has 3 N–H and O–H groups in total. The maximum atomic E-state index is 12.3. The van der Waals surface area contributed by atoms with Crippen molar-refractivity contribution in [2.75, 3.05) is 17.7 Å². The molecule has 0 unspecified atom stereocenters. The van der Waals surface area contributed by atoms with E-state index in [1.54, 1.807) is 18.2 Å². The zero-order chi connectivity index (χ0) is 17.0. The summed E-state index contributed by atoms with van der Waals surface area (Å²) >= 11 is 0. The normalized spacial score (nSPS) is 11.1. The van der Waals surface area contributed by atoms with Crippen molar-refractivity contribution in [2.45, 2.75) is 33.1 Å². The van der Waals surface area contributed by atoms with E-state index < -0.39 is 0 Å². The van der Waals surface area contributed by atoms with Crippen LogP contribution in [0.15, 0.2) is 42.5 Å². The maximum absolute atomic E-state index is 12.3. The lowest BCUT2D eigenvalue weighted by molar-refractivity contribution is 0.102. The molecular formula is C19H24N2O2. The van der Waals surface area contributed by atoms with Crippen LogP contribution in [0.4, 0.5) is 11.4 Å². The van der Waals surface area contributed by atoms with Gasteiger partial charge in [0.25, 0.3) is 5.91 Å². The summed E-state index contributed by atoms with van der Waals surface area (Å²) in [6.07, 6.45) is 0. The molecule has 0 fully saturated rings. The van der Waals surface area contributed by atoms with Crippen LogP contribution >= 0.6 is 0 Å². The van der Waals surface area contributed by atoms with Gasteiger partial charge in [-0.2, -0.15) is 0 Å². The Balaban J connectivity index is 2.13. The summed E-state index contributed by atoms with van der Waals surface area (Å²) in [5.41, 5.74) is 8.88. The minimum atomic E-state index is -0.179. The standard InChI is InChI=1S/C19H24N2O2/c1-5-23-15-10-11-17(16(20)12-15)21-18(22)13-6-8-14(9-7-13)19(2,3)4/h6-12H,5,20H2,1-4H3,(H,21,22). The second-order valence-corrected chi connectivity index (χ2v) is 6.46. The number of ether oxygens (including phenoxy) is 1. The summed E-state index contributed by atoms with van der Waals surface area (Å²) in [6, 6.07) is 12.9. The molecule has 0 aromatic heterocycles. The summed E-state index contributed by atoms with van der Waals surface area (Å²) in [4.78, 5) is 12.3. The molecule has 0 bridgehead atoms. The molecule has 0 saturated carbocycles. The van der Waals surface area contributed by atoms with Crippen LogP contribution in [0.1, 0.15) is 43.6 Å². The molecule has 23 heavy (non-hydrogen) atoms. The van der Waals surface area contributed by atoms with Crippen molar-refractivity contribution < 1.29 is 9.53 Å². The number of nitrogen functional groups attached to an aromatic ring is 1. The molecule has 0 saturated heterocycles. The van der Waals surface area contributed by atoms with Crippen molar-refractivity contribution in [3.8, 4) is 5.75 Å². The molecule has 0 spiro atoms. The number of rotatable bonds is 4. The lowest BCUT2D eigenvalue weighted by Gasteiger charge is -2.19. The number of carbonyl (C=O) groups excluding carboxylic acids is 1. The lowest BCUT2D eigenvalue weighted by atomic mass is 9.87. The van der Waals surface area contributed by atoms with Gasteiger partial charge in [0, 0.05) is 11.6 Å². The Labute approximate surface area is 137 Å². The number of benzene rings is 2. The predicted octanol–water partition coefficient (Wildman–Crippen LogP) is 4.22. The monoisotopic (exact) mass is 312 g/mol. The highest BCUT2D eigenvalue weighted by atomic mass is 16.5. The molecule has 4 heteroatoms. The number of carbonyl (C=O) groups is 1. The average molecular weight is 312 g/mol. The third-order valence-electron chi connectivity index (χ3n) is 3.60. The molecule has 0 aliphatic rings. The van der Waals surface area contributed by atoms with E-state index in [2.05, 4.69) is 26.1 Å². The van der Waals surface area contributed by atoms with Gasteiger partial charge >= 0.3 is 0 Å². The van der Waals surface area contributed by atoms with Crippen LogP contribution in [0, 0.1) is 0 Å². The highest BCUT2D eigenvalue weighted by Gasteiger charge is 2.14. The second kappa shape index (κ2) is 6.73. The summed E-state index contributed by atoms with van der Waals surface area (Å²) < 4.78 is 5.38. The van der Waals surface area contributed by atoms with E-state index in [0.29, 0.717) is 29.3 Å². The number of hydrogen-bond donors (Lipinski definition) is 2. The van der Waals surface area contributed by atoms with Gasteiger partial charge in [-0.25, -0.2) is 0 Å². The Morgan fingerprint density at radius 3 is 2.30 bits per heavy atom. The Hall–Kier alpha value is -2.49. The number of nitrogens with two attached hydrogens (primary N) is 1. The Kier molecular flexibility index (Phi) is 4.94. The van der Waals surface area contributed by atoms with E-state index in [1.807, 2.05) is 31.2 Å². The topological polar surface area (TPSA) is 64.3 Å². The van der Waals surface area contributed by atoms with E-state index in [0.717, 1.165) is 0 Å². The third-order valence-corrected chi connectivity index (χ3v) is 3.60. The summed E-state index contributed by atoms with van der Waals surface area (Å²) in [5, 5.41) is 2.83. The Morgan fingerprint density at radius 2 is 1.78 bits per heavy atom. The van der Waals surface area contributed by atoms with E-state index in [1.165, 1.54) is 5.56 Å². The van der Waals surface area contributed by atoms with Gasteiger partial charge in [-0.1, -0.05) is 32.9 Å². The fourth-order valence-electron chi connectivity index (χ4n) is 2.23. The molecule has 1 amide bonds. The first-order chi connectivity index (χ1) is 10.8. The van der Waals surface area contributed by atoms with Gasteiger partial charge < -0.3 is 15.8 Å². The van der Waals surface area contributed by atoms with Gasteiger partial charge in [-0.3, -0.25) is 4.79 Å². The van der Waals surface area contributed by atoms with Gasteiger partial charge in [0.2, 0.25) is 0 Å². The Bertz CT molecular complexity index is 686. The Morgan fingerprint density at radius 1 is 1.13 bits per heavy atom. The van der Waals surface area contributed by atoms with Crippen molar-refractivity contribution in [3.63, 3.8) is 0 Å². The summed E-state index contributed by atoms with van der Waals surface area (Å²) in [6.45, 7) is 8.91. The lowest BCUT2D eigenvalue weighted by Crippen LogP contribution is -2.15. The maximum Gasteiger partial charge on any atom is 0.255 e. The largest absolute Gasteiger partial charge is 0.494 e. The average Bonchev–Trinajstić information content (AvgIpc) is 2.49. The first-order valence-electron chi connectivity index (χ1n) is 7.75. The van der Waals surface area contributed by atoms with Crippen LogP contribution in [0.5, 0.6) is 5.75 Å². The molecule has 4 nitrogen and oxygen atoms in total. The number of hydrogen-bond acceptors (Lipinski definition) is 3. The van der Waals surface area contributed by atoms with Crippen LogP contribution in [0.3, 0.4) is 0 Å². The SMILES string of the molecule is CCOc1ccc(NC(=O)c2ccc(C(C)(C)C)cc2)c(N)c1. The first-order valence-corrected chi connectivity index (χ1v) is 7.75. The zero-order valence-corrected chi connectivity index (χ0v) is 14.1. The van der Waals surface area contributed by atoms with Gasteiger partial charge in [0.05, 0.1) is 18.0 Å². The molecule has 0 aliphatic carbocycles. The van der Waals surface area contributed by atoms with Crippen LogP contribution in [-0.4, -0.2) is 12.5 Å². The molecule has 2 aromatic carbocycles. The molecule has 122 valence electrons. The summed E-state index contributed by atoms with van der Waals surface area (Å²) in [7, 11) is 0. The minimum Gasteiger partial charge on any atom is -0.494 e. The number of amides is 1. The highest BCUT2D eigenvalue weighted by Crippen LogP contribution is 2.26. The fraction of sp³-hybridized carbons (Fsp3) is 0.316. The van der Waals surface area contributed by atoms with Gasteiger partial charge in [0.15, 0.2) is 0 Å². The smallest absolute Gasteiger partial charge is 0.255 e. The van der Waals surface area contributed by atoms with Crippen LogP contribution in [0.25, 0.3) is 0 Å². The van der Waals surface area contributed by atoms with Crippen molar-refractivity contribution in [1.82, 2.24) is 0 Å². The number of anilines is 2. The molecule has 0 atom stereocenters. The minimum absolute atomic E-state index is 0.0640. The zero-order valence-electron chi connectivity index (χ0n) is 14.1. The van der Waals surface area contributed by atoms with Gasteiger partial charge in [-0.05, 0) is 42.2 Å². The van der Waals surface area contributed by atoms with Crippen molar-refractivity contribution in [1.29, 1.82) is 0 Å². The van der Waals surface area contributed by atoms with E-state index in [9.17, 15) is 4.79 Å². The molecule has 2 rings (SSSR count). The molecule has 0 radical (unpaired) electrons. The molecule has 2 aromatic rings. The van der Waals surface area contributed by atoms with E-state index in [4.69, 9.17) is 10.5 Å². The van der Waals surface area contributed by atoms with E-state index >= 15 is 0 Å². The van der Waals surface area contributed by atoms with Crippen molar-refractivity contribution >= 4 is 17.3 Å². The molecule has 0 aliphatic heterocycles. The highest BCUT2D eigenvalue weighted by molar-refractivity contribution is 6.05.